The number of Topliss-reactive ketones (excluding diaryl/α,β-unsaturated/α-hetero) is 1. The molecule has 6 nitrogen and oxygen atoms in total. The van der Waals surface area contributed by atoms with Crippen LogP contribution in [0.4, 0.5) is 0 Å². The van der Waals surface area contributed by atoms with E-state index in [0.717, 1.165) is 19.1 Å². The second kappa shape index (κ2) is 5.96. The van der Waals surface area contributed by atoms with Crippen molar-refractivity contribution < 1.29 is 29.6 Å². The summed E-state index contributed by atoms with van der Waals surface area (Å²) < 4.78 is 5.31. The van der Waals surface area contributed by atoms with Crippen molar-refractivity contribution in [3.63, 3.8) is 0 Å². The third-order valence-corrected chi connectivity index (χ3v) is 6.54. The third kappa shape index (κ3) is 2.57. The molecule has 1 fully saturated rings. The molecule has 0 bridgehead atoms. The van der Waals surface area contributed by atoms with E-state index >= 15 is 0 Å². The van der Waals surface area contributed by atoms with E-state index in [1.54, 1.807) is 0 Å². The molecule has 1 aromatic carbocycles. The fourth-order valence-corrected chi connectivity index (χ4v) is 5.32. The van der Waals surface area contributed by atoms with Crippen molar-refractivity contribution in [2.24, 2.45) is 11.3 Å². The van der Waals surface area contributed by atoms with Gasteiger partial charge in [-0.25, -0.2) is 0 Å². The van der Waals surface area contributed by atoms with Crippen LogP contribution in [0.15, 0.2) is 0 Å². The van der Waals surface area contributed by atoms with Gasteiger partial charge >= 0.3 is 0 Å². The number of benzene rings is 1. The molecule has 6 heteroatoms. The van der Waals surface area contributed by atoms with Crippen LogP contribution in [-0.4, -0.2) is 34.5 Å². The Labute approximate surface area is 159 Å². The Kier molecular flexibility index (Phi) is 4.34. The average molecular weight is 376 g/mol. The SMILES string of the molecule is COc1c(O)c2c(c(O)c1C(C)(C)O)C(=O)CC1C(C)(C)CCCC21C=O. The Morgan fingerprint density at radius 2 is 1.81 bits per heavy atom. The smallest absolute Gasteiger partial charge is 0.170 e. The number of hydrogen-bond acceptors (Lipinski definition) is 6. The zero-order valence-electron chi connectivity index (χ0n) is 16.5. The molecule has 3 N–H and O–H groups in total. The van der Waals surface area contributed by atoms with E-state index in [0.29, 0.717) is 6.42 Å². The summed E-state index contributed by atoms with van der Waals surface area (Å²) in [5, 5.41) is 32.5. The first kappa shape index (κ1) is 19.7. The predicted octanol–water partition coefficient (Wildman–Crippen LogP) is 3.18. The quantitative estimate of drug-likeness (QED) is 0.553. The molecule has 1 aromatic rings. The van der Waals surface area contributed by atoms with Gasteiger partial charge in [-0.05, 0) is 38.0 Å². The number of phenols is 2. The van der Waals surface area contributed by atoms with E-state index in [1.807, 2.05) is 13.8 Å². The standard InChI is InChI=1S/C21H28O6/c1-19(2)7-6-8-21(10-22)12(19)9-11(23)13-14(21)17(25)18(27-5)15(16(13)24)20(3,4)26/h10,12,24-26H,6-9H2,1-5H3. The first-order valence-electron chi connectivity index (χ1n) is 9.31. The van der Waals surface area contributed by atoms with Crippen LogP contribution in [0.25, 0.3) is 0 Å². The number of aliphatic hydroxyl groups is 1. The highest BCUT2D eigenvalue weighted by Gasteiger charge is 2.57. The van der Waals surface area contributed by atoms with Gasteiger partial charge in [0.1, 0.15) is 12.0 Å². The van der Waals surface area contributed by atoms with Crippen molar-refractivity contribution in [2.75, 3.05) is 7.11 Å². The average Bonchev–Trinajstić information content (AvgIpc) is 2.56. The summed E-state index contributed by atoms with van der Waals surface area (Å²) >= 11 is 0. The number of rotatable bonds is 3. The lowest BCUT2D eigenvalue weighted by Gasteiger charge is -2.52. The van der Waals surface area contributed by atoms with Gasteiger partial charge in [0, 0.05) is 12.0 Å². The van der Waals surface area contributed by atoms with Crippen LogP contribution in [0, 0.1) is 11.3 Å². The lowest BCUT2D eigenvalue weighted by molar-refractivity contribution is -0.119. The molecule has 27 heavy (non-hydrogen) atoms. The highest BCUT2D eigenvalue weighted by Crippen LogP contribution is 2.62. The number of aromatic hydroxyl groups is 2. The summed E-state index contributed by atoms with van der Waals surface area (Å²) in [6, 6.07) is 0. The number of aldehydes is 1. The van der Waals surface area contributed by atoms with E-state index in [2.05, 4.69) is 0 Å². The molecule has 2 aliphatic carbocycles. The van der Waals surface area contributed by atoms with Gasteiger partial charge in [-0.2, -0.15) is 0 Å². The molecule has 2 atom stereocenters. The molecule has 3 rings (SSSR count). The number of phenolic OH excluding ortho intramolecular Hbond substituents is 2. The maximum atomic E-state index is 13.0. The Morgan fingerprint density at radius 3 is 2.33 bits per heavy atom. The van der Waals surface area contributed by atoms with Gasteiger partial charge in [0.15, 0.2) is 17.3 Å². The first-order chi connectivity index (χ1) is 12.4. The molecule has 1 saturated carbocycles. The highest BCUT2D eigenvalue weighted by molar-refractivity contribution is 6.06. The summed E-state index contributed by atoms with van der Waals surface area (Å²) in [6.45, 7) is 6.94. The fourth-order valence-electron chi connectivity index (χ4n) is 5.32. The van der Waals surface area contributed by atoms with Crippen LogP contribution < -0.4 is 4.74 Å². The zero-order valence-corrected chi connectivity index (χ0v) is 16.5. The number of carbonyl (C=O) groups is 2. The van der Waals surface area contributed by atoms with Gasteiger partial charge < -0.3 is 24.9 Å². The Balaban J connectivity index is 2.45. The monoisotopic (exact) mass is 376 g/mol. The van der Waals surface area contributed by atoms with E-state index < -0.39 is 16.8 Å². The molecule has 2 unspecified atom stereocenters. The summed E-state index contributed by atoms with van der Waals surface area (Å²) in [4.78, 5) is 25.5. The Morgan fingerprint density at radius 1 is 1.19 bits per heavy atom. The van der Waals surface area contributed by atoms with Crippen molar-refractivity contribution in [1.82, 2.24) is 0 Å². The summed E-state index contributed by atoms with van der Waals surface area (Å²) in [5.41, 5.74) is -2.86. The minimum atomic E-state index is -1.56. The van der Waals surface area contributed by atoms with Crippen molar-refractivity contribution in [1.29, 1.82) is 0 Å². The van der Waals surface area contributed by atoms with E-state index in [9.17, 15) is 24.9 Å². The van der Waals surface area contributed by atoms with Gasteiger partial charge in [0.05, 0.1) is 29.3 Å². The molecule has 0 saturated heterocycles. The highest BCUT2D eigenvalue weighted by atomic mass is 16.5. The molecule has 0 amide bonds. The van der Waals surface area contributed by atoms with Gasteiger partial charge in [-0.15, -0.1) is 0 Å². The molecule has 2 aliphatic rings. The van der Waals surface area contributed by atoms with Gasteiger partial charge in [-0.1, -0.05) is 20.3 Å². The summed E-state index contributed by atoms with van der Waals surface area (Å²) in [5.74, 6) is -1.47. The molecular weight excluding hydrogens is 348 g/mol. The topological polar surface area (TPSA) is 104 Å². The maximum absolute atomic E-state index is 13.0. The van der Waals surface area contributed by atoms with Gasteiger partial charge in [-0.3, -0.25) is 4.79 Å². The van der Waals surface area contributed by atoms with Crippen LogP contribution >= 0.6 is 0 Å². The number of ketones is 1. The number of hydrogen-bond donors (Lipinski definition) is 3. The van der Waals surface area contributed by atoms with E-state index in [4.69, 9.17) is 4.74 Å². The molecule has 0 radical (unpaired) electrons. The van der Waals surface area contributed by atoms with Crippen molar-refractivity contribution in [3.05, 3.63) is 16.7 Å². The molecular formula is C21H28O6. The predicted molar refractivity (Wildman–Crippen MR) is 99.4 cm³/mol. The molecule has 148 valence electrons. The second-order valence-electron chi connectivity index (χ2n) is 9.09. The largest absolute Gasteiger partial charge is 0.507 e. The molecule has 0 heterocycles. The third-order valence-electron chi connectivity index (χ3n) is 6.54. The van der Waals surface area contributed by atoms with Crippen LogP contribution in [0.1, 0.15) is 74.9 Å². The minimum Gasteiger partial charge on any atom is -0.507 e. The number of ether oxygens (including phenoxy) is 1. The van der Waals surface area contributed by atoms with E-state index in [-0.39, 0.29) is 51.7 Å². The fraction of sp³-hybridized carbons (Fsp3) is 0.619. The van der Waals surface area contributed by atoms with Crippen molar-refractivity contribution >= 4 is 12.1 Å². The normalized spacial score (nSPS) is 26.9. The van der Waals surface area contributed by atoms with E-state index in [1.165, 1.54) is 21.0 Å². The lowest BCUT2D eigenvalue weighted by atomic mass is 9.49. The number of fused-ring (bicyclic) bond motifs is 3. The first-order valence-corrected chi connectivity index (χ1v) is 9.31. The number of methoxy groups -OCH3 is 1. The second-order valence-corrected chi connectivity index (χ2v) is 9.09. The van der Waals surface area contributed by atoms with Crippen LogP contribution in [0.2, 0.25) is 0 Å². The van der Waals surface area contributed by atoms with Crippen molar-refractivity contribution in [3.8, 4) is 17.2 Å². The Bertz CT molecular complexity index is 817. The lowest BCUT2D eigenvalue weighted by Crippen LogP contribution is -2.52. The number of carbonyl (C=O) groups excluding carboxylic acids is 2. The molecule has 0 aliphatic heterocycles. The van der Waals surface area contributed by atoms with Gasteiger partial charge in [0.2, 0.25) is 0 Å². The molecule has 0 spiro atoms. The van der Waals surface area contributed by atoms with Crippen LogP contribution in [0.5, 0.6) is 17.2 Å². The summed E-state index contributed by atoms with van der Waals surface area (Å²) in [6.07, 6.45) is 3.08. The van der Waals surface area contributed by atoms with Crippen LogP contribution in [-0.2, 0) is 15.8 Å². The maximum Gasteiger partial charge on any atom is 0.170 e. The van der Waals surface area contributed by atoms with Gasteiger partial charge in [0.25, 0.3) is 0 Å². The zero-order chi connectivity index (χ0) is 20.4. The van der Waals surface area contributed by atoms with Crippen molar-refractivity contribution in [2.45, 2.75) is 64.4 Å². The Hall–Kier alpha value is -2.08. The summed E-state index contributed by atoms with van der Waals surface area (Å²) in [7, 11) is 1.32. The molecule has 0 aromatic heterocycles. The van der Waals surface area contributed by atoms with Crippen LogP contribution in [0.3, 0.4) is 0 Å². The minimum absolute atomic E-state index is 0.0517.